The number of fused-ring (bicyclic) bond motifs is 1. The molecule has 0 bridgehead atoms. The van der Waals surface area contributed by atoms with Crippen molar-refractivity contribution in [3.63, 3.8) is 0 Å². The van der Waals surface area contributed by atoms with Crippen LogP contribution in [0.4, 0.5) is 0 Å². The van der Waals surface area contributed by atoms with Crippen LogP contribution in [0, 0.1) is 5.92 Å². The molecule has 0 saturated heterocycles. The van der Waals surface area contributed by atoms with Crippen LogP contribution in [0.5, 0.6) is 0 Å². The van der Waals surface area contributed by atoms with Gasteiger partial charge in [0.05, 0.1) is 6.04 Å². The largest absolute Gasteiger partial charge is 0.344 e. The van der Waals surface area contributed by atoms with E-state index in [-0.39, 0.29) is 23.3 Å². The van der Waals surface area contributed by atoms with Gasteiger partial charge in [0.15, 0.2) is 5.78 Å². The van der Waals surface area contributed by atoms with E-state index in [4.69, 9.17) is 0 Å². The second kappa shape index (κ2) is 6.73. The molecule has 0 aromatic carbocycles. The molecule has 1 aliphatic rings. The lowest BCUT2D eigenvalue weighted by atomic mass is 9.93. The zero-order valence-electron chi connectivity index (χ0n) is 13.7. The molecule has 2 aromatic rings. The lowest BCUT2D eigenvalue weighted by molar-refractivity contribution is 0.0925. The number of aromatic nitrogens is 1. The third-order valence-electron chi connectivity index (χ3n) is 4.30. The zero-order valence-corrected chi connectivity index (χ0v) is 14.5. The minimum Gasteiger partial charge on any atom is -0.344 e. The molecule has 0 unspecified atom stereocenters. The monoisotopic (exact) mass is 344 g/mol. The van der Waals surface area contributed by atoms with Gasteiger partial charge in [0, 0.05) is 22.6 Å². The first-order valence-corrected chi connectivity index (χ1v) is 8.99. The lowest BCUT2D eigenvalue weighted by Crippen LogP contribution is -2.35. The Balaban J connectivity index is 1.91. The number of rotatable bonds is 4. The van der Waals surface area contributed by atoms with Gasteiger partial charge in [-0.3, -0.25) is 14.4 Å². The van der Waals surface area contributed by atoms with Gasteiger partial charge in [-0.25, -0.2) is 0 Å². The SMILES string of the molecule is CC(C)[C@@H](NC(=O)c1cc2c([nH]c1=O)CCCC2=O)c1cccs1. The Labute approximate surface area is 144 Å². The van der Waals surface area contributed by atoms with Gasteiger partial charge < -0.3 is 10.3 Å². The van der Waals surface area contributed by atoms with Crippen LogP contribution >= 0.6 is 11.3 Å². The topological polar surface area (TPSA) is 79.0 Å². The third kappa shape index (κ3) is 3.19. The number of nitrogens with one attached hydrogen (secondary N) is 2. The van der Waals surface area contributed by atoms with Crippen molar-refractivity contribution in [3.05, 3.63) is 55.6 Å². The first kappa shape index (κ1) is 16.6. The Morgan fingerprint density at radius 2 is 2.08 bits per heavy atom. The van der Waals surface area contributed by atoms with Crippen molar-refractivity contribution < 1.29 is 9.59 Å². The van der Waals surface area contributed by atoms with Gasteiger partial charge in [-0.15, -0.1) is 11.3 Å². The molecule has 0 radical (unpaired) electrons. The molecule has 0 aliphatic heterocycles. The summed E-state index contributed by atoms with van der Waals surface area (Å²) < 4.78 is 0. The standard InChI is InChI=1S/C18H20N2O3S/c1-10(2)16(15-7-4-8-24-15)20-18(23)12-9-11-13(19-17(12)22)5-3-6-14(11)21/h4,7-10,16H,3,5-6H2,1-2H3,(H,19,22)(H,20,23)/t16-/m1/s1. The van der Waals surface area contributed by atoms with Crippen molar-refractivity contribution in [2.75, 3.05) is 0 Å². The summed E-state index contributed by atoms with van der Waals surface area (Å²) in [6.07, 6.45) is 1.87. The second-order valence-corrected chi connectivity index (χ2v) is 7.37. The fourth-order valence-corrected chi connectivity index (χ4v) is 3.95. The summed E-state index contributed by atoms with van der Waals surface area (Å²) in [5, 5.41) is 4.90. The number of hydrogen-bond acceptors (Lipinski definition) is 4. The van der Waals surface area contributed by atoms with Crippen LogP contribution in [0.1, 0.15) is 64.0 Å². The van der Waals surface area contributed by atoms with Gasteiger partial charge in [-0.2, -0.15) is 0 Å². The number of amides is 1. The van der Waals surface area contributed by atoms with Crippen molar-refractivity contribution in [2.45, 2.75) is 39.2 Å². The zero-order chi connectivity index (χ0) is 17.3. The van der Waals surface area contributed by atoms with Gasteiger partial charge in [0.25, 0.3) is 11.5 Å². The molecule has 24 heavy (non-hydrogen) atoms. The highest BCUT2D eigenvalue weighted by atomic mass is 32.1. The Morgan fingerprint density at radius 1 is 1.29 bits per heavy atom. The van der Waals surface area contributed by atoms with E-state index in [9.17, 15) is 14.4 Å². The van der Waals surface area contributed by atoms with Crippen molar-refractivity contribution in [1.29, 1.82) is 0 Å². The molecule has 1 aliphatic carbocycles. The molecule has 0 spiro atoms. The number of H-pyrrole nitrogens is 1. The summed E-state index contributed by atoms with van der Waals surface area (Å²) in [6.45, 7) is 4.04. The minimum atomic E-state index is -0.440. The smallest absolute Gasteiger partial charge is 0.261 e. The molecule has 5 nitrogen and oxygen atoms in total. The highest BCUT2D eigenvalue weighted by Crippen LogP contribution is 2.26. The second-order valence-electron chi connectivity index (χ2n) is 6.39. The molecule has 1 atom stereocenters. The summed E-state index contributed by atoms with van der Waals surface area (Å²) in [4.78, 5) is 40.7. The van der Waals surface area contributed by atoms with Crippen LogP contribution in [-0.4, -0.2) is 16.7 Å². The average Bonchev–Trinajstić information content (AvgIpc) is 3.05. The molecule has 1 amide bonds. The third-order valence-corrected chi connectivity index (χ3v) is 5.26. The first-order valence-electron chi connectivity index (χ1n) is 8.11. The van der Waals surface area contributed by atoms with Gasteiger partial charge in [0.1, 0.15) is 5.56 Å². The molecule has 0 saturated carbocycles. The van der Waals surface area contributed by atoms with E-state index >= 15 is 0 Å². The molecule has 2 N–H and O–H groups in total. The van der Waals surface area contributed by atoms with E-state index in [1.54, 1.807) is 11.3 Å². The Hall–Kier alpha value is -2.21. The summed E-state index contributed by atoms with van der Waals surface area (Å²) in [5.74, 6) is -0.268. The maximum Gasteiger partial charge on any atom is 0.261 e. The Bertz CT molecular complexity index is 821. The lowest BCUT2D eigenvalue weighted by Gasteiger charge is -2.21. The van der Waals surface area contributed by atoms with Crippen LogP contribution < -0.4 is 10.9 Å². The maximum atomic E-state index is 12.6. The number of carbonyl (C=O) groups is 2. The molecule has 3 rings (SSSR count). The molecule has 0 fully saturated rings. The minimum absolute atomic E-state index is 0.00575. The predicted molar refractivity (Wildman–Crippen MR) is 93.7 cm³/mol. The van der Waals surface area contributed by atoms with E-state index < -0.39 is 11.5 Å². The highest BCUT2D eigenvalue weighted by Gasteiger charge is 2.25. The quantitative estimate of drug-likeness (QED) is 0.894. The summed E-state index contributed by atoms with van der Waals surface area (Å²) in [5.41, 5.74) is 0.690. The van der Waals surface area contributed by atoms with Gasteiger partial charge in [-0.1, -0.05) is 19.9 Å². The summed E-state index contributed by atoms with van der Waals surface area (Å²) in [7, 11) is 0. The number of aromatic amines is 1. The fourth-order valence-electron chi connectivity index (χ4n) is 3.00. The molecular formula is C18H20N2O3S. The Morgan fingerprint density at radius 3 is 2.75 bits per heavy atom. The van der Waals surface area contributed by atoms with Crippen LogP contribution in [0.15, 0.2) is 28.4 Å². The number of carbonyl (C=O) groups excluding carboxylic acids is 2. The number of hydrogen-bond donors (Lipinski definition) is 2. The van der Waals surface area contributed by atoms with Crippen LogP contribution in [0.25, 0.3) is 0 Å². The van der Waals surface area contributed by atoms with E-state index in [2.05, 4.69) is 10.3 Å². The molecule has 126 valence electrons. The van der Waals surface area contributed by atoms with Crippen LogP contribution in [0.3, 0.4) is 0 Å². The number of thiophene rings is 1. The van der Waals surface area contributed by atoms with Gasteiger partial charge >= 0.3 is 0 Å². The number of Topliss-reactive ketones (excluding diaryl/α,β-unsaturated/α-hetero) is 1. The number of aryl methyl sites for hydroxylation is 1. The maximum absolute atomic E-state index is 12.6. The van der Waals surface area contributed by atoms with Crippen molar-refractivity contribution in [3.8, 4) is 0 Å². The number of pyridine rings is 1. The van der Waals surface area contributed by atoms with E-state index in [1.165, 1.54) is 6.07 Å². The molecule has 2 aromatic heterocycles. The highest BCUT2D eigenvalue weighted by molar-refractivity contribution is 7.10. The fraction of sp³-hybridized carbons (Fsp3) is 0.389. The summed E-state index contributed by atoms with van der Waals surface area (Å²) in [6, 6.07) is 5.20. The molecule has 6 heteroatoms. The normalized spacial score (nSPS) is 15.2. The number of ketones is 1. The molecular weight excluding hydrogens is 324 g/mol. The van der Waals surface area contributed by atoms with Crippen molar-refractivity contribution >= 4 is 23.0 Å². The van der Waals surface area contributed by atoms with E-state index in [0.29, 0.717) is 24.1 Å². The van der Waals surface area contributed by atoms with Gasteiger partial charge in [0.2, 0.25) is 0 Å². The summed E-state index contributed by atoms with van der Waals surface area (Å²) >= 11 is 1.57. The van der Waals surface area contributed by atoms with Crippen molar-refractivity contribution in [2.24, 2.45) is 5.92 Å². The molecule has 2 heterocycles. The van der Waals surface area contributed by atoms with Crippen LogP contribution in [-0.2, 0) is 6.42 Å². The van der Waals surface area contributed by atoms with E-state index in [1.807, 2.05) is 31.4 Å². The van der Waals surface area contributed by atoms with Gasteiger partial charge in [-0.05, 0) is 36.3 Å². The predicted octanol–water partition coefficient (Wildman–Crippen LogP) is 3.08. The van der Waals surface area contributed by atoms with Crippen LogP contribution in [0.2, 0.25) is 0 Å². The Kier molecular flexibility index (Phi) is 4.66. The average molecular weight is 344 g/mol. The van der Waals surface area contributed by atoms with E-state index in [0.717, 1.165) is 11.3 Å². The van der Waals surface area contributed by atoms with Crippen molar-refractivity contribution in [1.82, 2.24) is 10.3 Å². The first-order chi connectivity index (χ1) is 11.5.